The topological polar surface area (TPSA) is 52.5 Å². The molecule has 0 saturated heterocycles. The lowest BCUT2D eigenvalue weighted by molar-refractivity contribution is 0.412. The number of rotatable bonds is 3. The van der Waals surface area contributed by atoms with Gasteiger partial charge in [-0.25, -0.2) is 4.98 Å². The molecule has 2 N–H and O–H groups in total. The number of imidazole rings is 1. The maximum Gasteiger partial charge on any atom is 0.194 e. The lowest BCUT2D eigenvalue weighted by Gasteiger charge is -2.08. The average Bonchev–Trinajstić information content (AvgIpc) is 2.96. The zero-order chi connectivity index (χ0) is 14.3. The molecule has 0 bridgehead atoms. The van der Waals surface area contributed by atoms with Gasteiger partial charge in [0.25, 0.3) is 0 Å². The number of hydrogen-bond donors (Lipinski definition) is 1. The van der Waals surface area contributed by atoms with E-state index >= 15 is 0 Å². The molecule has 0 aliphatic carbocycles. The second-order valence-corrected chi connectivity index (χ2v) is 5.61. The molecule has 0 fully saturated rings. The normalized spacial score (nSPS) is 11.2. The molecule has 0 aliphatic rings. The van der Waals surface area contributed by atoms with Gasteiger partial charge in [0.15, 0.2) is 4.96 Å². The van der Waals surface area contributed by atoms with Gasteiger partial charge in [-0.1, -0.05) is 0 Å². The van der Waals surface area contributed by atoms with Crippen molar-refractivity contribution in [1.29, 1.82) is 0 Å². The highest BCUT2D eigenvalue weighted by atomic mass is 32.1. The van der Waals surface area contributed by atoms with Crippen molar-refractivity contribution in [2.45, 2.75) is 20.4 Å². The van der Waals surface area contributed by atoms with Gasteiger partial charge in [-0.3, -0.25) is 4.40 Å². The van der Waals surface area contributed by atoms with Crippen LogP contribution >= 0.6 is 11.3 Å². The van der Waals surface area contributed by atoms with Gasteiger partial charge in [-0.05, 0) is 43.2 Å². The van der Waals surface area contributed by atoms with Crippen LogP contribution in [0.15, 0.2) is 23.6 Å². The lowest BCUT2D eigenvalue weighted by atomic mass is 10.1. The maximum atomic E-state index is 5.87. The molecule has 2 heterocycles. The monoisotopic (exact) mass is 287 g/mol. The molecule has 104 valence electrons. The summed E-state index contributed by atoms with van der Waals surface area (Å²) in [7, 11) is 1.69. The van der Waals surface area contributed by atoms with Crippen molar-refractivity contribution < 1.29 is 4.74 Å². The Morgan fingerprint density at radius 3 is 2.80 bits per heavy atom. The summed E-state index contributed by atoms with van der Waals surface area (Å²) >= 11 is 1.64. The molecule has 0 atom stereocenters. The first-order valence-electron chi connectivity index (χ1n) is 6.46. The SMILES string of the molecule is COc1ccc(-c2csc3nc(C)c(CN)n23)cc1C. The molecule has 1 aromatic carbocycles. The highest BCUT2D eigenvalue weighted by Crippen LogP contribution is 2.31. The molecule has 3 aromatic rings. The molecule has 0 radical (unpaired) electrons. The van der Waals surface area contributed by atoms with Gasteiger partial charge in [-0.2, -0.15) is 0 Å². The van der Waals surface area contributed by atoms with E-state index in [0.29, 0.717) is 6.54 Å². The molecule has 3 rings (SSSR count). The molecule has 0 saturated carbocycles. The van der Waals surface area contributed by atoms with E-state index in [-0.39, 0.29) is 0 Å². The smallest absolute Gasteiger partial charge is 0.194 e. The Morgan fingerprint density at radius 1 is 1.35 bits per heavy atom. The van der Waals surface area contributed by atoms with Crippen LogP contribution in [0.4, 0.5) is 0 Å². The first kappa shape index (κ1) is 13.1. The summed E-state index contributed by atoms with van der Waals surface area (Å²) in [5, 5.41) is 2.13. The van der Waals surface area contributed by atoms with Crippen LogP contribution in [-0.2, 0) is 6.54 Å². The quantitative estimate of drug-likeness (QED) is 0.805. The lowest BCUT2D eigenvalue weighted by Crippen LogP contribution is -2.03. The van der Waals surface area contributed by atoms with Crippen LogP contribution in [0.25, 0.3) is 16.2 Å². The second kappa shape index (κ2) is 4.92. The number of hydrogen-bond acceptors (Lipinski definition) is 4. The zero-order valence-corrected chi connectivity index (χ0v) is 12.6. The molecule has 20 heavy (non-hydrogen) atoms. The van der Waals surface area contributed by atoms with Crippen molar-refractivity contribution >= 4 is 16.3 Å². The van der Waals surface area contributed by atoms with E-state index in [2.05, 4.69) is 33.8 Å². The van der Waals surface area contributed by atoms with E-state index in [4.69, 9.17) is 10.5 Å². The van der Waals surface area contributed by atoms with Crippen LogP contribution in [-0.4, -0.2) is 16.5 Å². The minimum absolute atomic E-state index is 0.492. The van der Waals surface area contributed by atoms with Crippen LogP contribution in [0.1, 0.15) is 17.0 Å². The third kappa shape index (κ3) is 1.90. The summed E-state index contributed by atoms with van der Waals surface area (Å²) in [6.07, 6.45) is 0. The Balaban J connectivity index is 2.21. The number of nitrogens with zero attached hydrogens (tertiary/aromatic N) is 2. The number of benzene rings is 1. The molecule has 0 spiro atoms. The Bertz CT molecular complexity index is 773. The van der Waals surface area contributed by atoms with Crippen molar-refractivity contribution in [3.63, 3.8) is 0 Å². The summed E-state index contributed by atoms with van der Waals surface area (Å²) in [6.45, 7) is 4.55. The summed E-state index contributed by atoms with van der Waals surface area (Å²) in [6, 6.07) is 6.21. The van der Waals surface area contributed by atoms with Crippen molar-refractivity contribution in [2.75, 3.05) is 7.11 Å². The predicted octanol–water partition coefficient (Wildman–Crippen LogP) is 3.15. The number of nitrogens with two attached hydrogens (primary N) is 1. The molecule has 0 unspecified atom stereocenters. The average molecular weight is 287 g/mol. The third-order valence-corrected chi connectivity index (χ3v) is 4.37. The Kier molecular flexibility index (Phi) is 3.23. The van der Waals surface area contributed by atoms with Crippen LogP contribution in [0.2, 0.25) is 0 Å². The first-order valence-corrected chi connectivity index (χ1v) is 7.34. The minimum atomic E-state index is 0.492. The number of methoxy groups -OCH3 is 1. The molecule has 0 aliphatic heterocycles. The van der Waals surface area contributed by atoms with Crippen LogP contribution in [0.3, 0.4) is 0 Å². The van der Waals surface area contributed by atoms with E-state index in [1.54, 1.807) is 18.4 Å². The van der Waals surface area contributed by atoms with Crippen molar-refractivity contribution in [2.24, 2.45) is 5.73 Å². The van der Waals surface area contributed by atoms with E-state index in [0.717, 1.165) is 38.9 Å². The number of aryl methyl sites for hydroxylation is 2. The van der Waals surface area contributed by atoms with Gasteiger partial charge < -0.3 is 10.5 Å². The Morgan fingerprint density at radius 2 is 2.15 bits per heavy atom. The van der Waals surface area contributed by atoms with Crippen LogP contribution in [0.5, 0.6) is 5.75 Å². The summed E-state index contributed by atoms with van der Waals surface area (Å²) < 4.78 is 7.47. The van der Waals surface area contributed by atoms with Crippen LogP contribution in [0, 0.1) is 13.8 Å². The van der Waals surface area contributed by atoms with E-state index in [9.17, 15) is 0 Å². The van der Waals surface area contributed by atoms with E-state index in [1.807, 2.05) is 13.0 Å². The van der Waals surface area contributed by atoms with Gasteiger partial charge in [-0.15, -0.1) is 11.3 Å². The highest BCUT2D eigenvalue weighted by Gasteiger charge is 2.14. The first-order chi connectivity index (χ1) is 9.65. The fourth-order valence-electron chi connectivity index (χ4n) is 2.50. The fraction of sp³-hybridized carbons (Fsp3) is 0.267. The standard InChI is InChI=1S/C15H17N3OS/c1-9-6-11(4-5-14(9)19-3)13-8-20-15-17-10(2)12(7-16)18(13)15/h4-6,8H,7,16H2,1-3H3. The van der Waals surface area contributed by atoms with E-state index in [1.165, 1.54) is 0 Å². The molecule has 2 aromatic heterocycles. The predicted molar refractivity (Wildman–Crippen MR) is 82.4 cm³/mol. The van der Waals surface area contributed by atoms with Gasteiger partial charge in [0.05, 0.1) is 24.2 Å². The fourth-order valence-corrected chi connectivity index (χ4v) is 3.46. The molecule has 5 heteroatoms. The molecule has 0 amide bonds. The third-order valence-electron chi connectivity index (χ3n) is 3.54. The van der Waals surface area contributed by atoms with Gasteiger partial charge >= 0.3 is 0 Å². The minimum Gasteiger partial charge on any atom is -0.496 e. The van der Waals surface area contributed by atoms with Gasteiger partial charge in [0.2, 0.25) is 0 Å². The highest BCUT2D eigenvalue weighted by molar-refractivity contribution is 7.15. The zero-order valence-electron chi connectivity index (χ0n) is 11.8. The molecular weight excluding hydrogens is 270 g/mol. The van der Waals surface area contributed by atoms with Gasteiger partial charge in [0.1, 0.15) is 5.75 Å². The molecule has 4 nitrogen and oxygen atoms in total. The Hall–Kier alpha value is -1.85. The maximum absolute atomic E-state index is 5.87. The summed E-state index contributed by atoms with van der Waals surface area (Å²) in [4.78, 5) is 5.56. The number of ether oxygens (including phenoxy) is 1. The number of aromatic nitrogens is 2. The van der Waals surface area contributed by atoms with Crippen molar-refractivity contribution in [1.82, 2.24) is 9.38 Å². The summed E-state index contributed by atoms with van der Waals surface area (Å²) in [5.41, 5.74) is 11.4. The number of fused-ring (bicyclic) bond motifs is 1. The Labute approximate surface area is 121 Å². The van der Waals surface area contributed by atoms with Crippen molar-refractivity contribution in [3.8, 4) is 17.0 Å². The van der Waals surface area contributed by atoms with Crippen molar-refractivity contribution in [3.05, 3.63) is 40.5 Å². The largest absolute Gasteiger partial charge is 0.496 e. The number of thiazole rings is 1. The van der Waals surface area contributed by atoms with Gasteiger partial charge in [0, 0.05) is 11.9 Å². The summed E-state index contributed by atoms with van der Waals surface area (Å²) in [5.74, 6) is 0.904. The molecular formula is C15H17N3OS. The van der Waals surface area contributed by atoms with E-state index < -0.39 is 0 Å². The van der Waals surface area contributed by atoms with Crippen LogP contribution < -0.4 is 10.5 Å². The second-order valence-electron chi connectivity index (χ2n) is 4.77.